The number of pyridine rings is 1. The van der Waals surface area contributed by atoms with E-state index in [1.54, 1.807) is 24.5 Å². The SMILES string of the molecule is C[C@@H](c1ccncc1)[C@@H](O)c1ccc(Cl)cc1. The zero-order chi connectivity index (χ0) is 12.3. The van der Waals surface area contributed by atoms with E-state index >= 15 is 0 Å². The van der Waals surface area contributed by atoms with Crippen LogP contribution in [0.4, 0.5) is 0 Å². The summed E-state index contributed by atoms with van der Waals surface area (Å²) in [5.41, 5.74) is 1.95. The van der Waals surface area contributed by atoms with Gasteiger partial charge in [0.05, 0.1) is 6.10 Å². The van der Waals surface area contributed by atoms with Gasteiger partial charge in [0.2, 0.25) is 0 Å². The fraction of sp³-hybridized carbons (Fsp3) is 0.214. The molecule has 2 rings (SSSR count). The van der Waals surface area contributed by atoms with Crippen LogP contribution < -0.4 is 0 Å². The molecular weight excluding hydrogens is 234 g/mol. The highest BCUT2D eigenvalue weighted by Gasteiger charge is 2.17. The van der Waals surface area contributed by atoms with Gasteiger partial charge in [0, 0.05) is 23.3 Å². The molecule has 0 spiro atoms. The highest BCUT2D eigenvalue weighted by molar-refractivity contribution is 6.30. The Labute approximate surface area is 106 Å². The summed E-state index contributed by atoms with van der Waals surface area (Å²) in [7, 11) is 0. The van der Waals surface area contributed by atoms with Crippen LogP contribution in [-0.2, 0) is 0 Å². The quantitative estimate of drug-likeness (QED) is 0.900. The van der Waals surface area contributed by atoms with Crippen LogP contribution in [0.15, 0.2) is 48.8 Å². The number of aliphatic hydroxyl groups excluding tert-OH is 1. The number of benzene rings is 1. The largest absolute Gasteiger partial charge is 0.388 e. The molecule has 1 aromatic carbocycles. The number of hydrogen-bond donors (Lipinski definition) is 1. The van der Waals surface area contributed by atoms with Crippen molar-refractivity contribution in [1.82, 2.24) is 4.98 Å². The van der Waals surface area contributed by atoms with Crippen LogP contribution in [0.5, 0.6) is 0 Å². The molecule has 1 aromatic heterocycles. The lowest BCUT2D eigenvalue weighted by Crippen LogP contribution is -2.07. The molecule has 0 amide bonds. The fourth-order valence-electron chi connectivity index (χ4n) is 1.80. The summed E-state index contributed by atoms with van der Waals surface area (Å²) in [6, 6.07) is 11.1. The second kappa shape index (κ2) is 5.30. The molecule has 3 heteroatoms. The van der Waals surface area contributed by atoms with Crippen LogP contribution in [-0.4, -0.2) is 10.1 Å². The van der Waals surface area contributed by atoms with Gasteiger partial charge in [-0.3, -0.25) is 4.98 Å². The Bertz CT molecular complexity index is 469. The minimum absolute atomic E-state index is 0.0270. The van der Waals surface area contributed by atoms with Crippen LogP contribution >= 0.6 is 11.6 Å². The molecule has 0 saturated carbocycles. The van der Waals surface area contributed by atoms with E-state index in [-0.39, 0.29) is 5.92 Å². The van der Waals surface area contributed by atoms with Crippen molar-refractivity contribution in [1.29, 1.82) is 0 Å². The lowest BCUT2D eigenvalue weighted by Gasteiger charge is -2.19. The minimum Gasteiger partial charge on any atom is -0.388 e. The zero-order valence-electron chi connectivity index (χ0n) is 9.55. The number of halogens is 1. The third-order valence-electron chi connectivity index (χ3n) is 2.92. The summed E-state index contributed by atoms with van der Waals surface area (Å²) in [4.78, 5) is 3.97. The summed E-state index contributed by atoms with van der Waals surface area (Å²) >= 11 is 5.82. The summed E-state index contributed by atoms with van der Waals surface area (Å²) < 4.78 is 0. The van der Waals surface area contributed by atoms with Crippen LogP contribution in [0.2, 0.25) is 5.02 Å². The molecule has 2 atom stereocenters. The summed E-state index contributed by atoms with van der Waals surface area (Å²) in [5, 5.41) is 10.9. The van der Waals surface area contributed by atoms with Gasteiger partial charge in [-0.05, 0) is 35.4 Å². The first-order valence-corrected chi connectivity index (χ1v) is 5.89. The molecule has 2 aromatic rings. The van der Waals surface area contributed by atoms with Gasteiger partial charge in [-0.25, -0.2) is 0 Å². The highest BCUT2D eigenvalue weighted by Crippen LogP contribution is 2.30. The van der Waals surface area contributed by atoms with Crippen LogP contribution in [0.3, 0.4) is 0 Å². The number of hydrogen-bond acceptors (Lipinski definition) is 2. The van der Waals surface area contributed by atoms with Gasteiger partial charge in [0.15, 0.2) is 0 Å². The molecule has 0 unspecified atom stereocenters. The molecular formula is C14H14ClNO. The van der Waals surface area contributed by atoms with E-state index in [2.05, 4.69) is 4.98 Å². The molecule has 1 heterocycles. The maximum absolute atomic E-state index is 10.3. The van der Waals surface area contributed by atoms with E-state index in [1.165, 1.54) is 0 Å². The Balaban J connectivity index is 2.20. The van der Waals surface area contributed by atoms with Crippen molar-refractivity contribution >= 4 is 11.6 Å². The van der Waals surface area contributed by atoms with E-state index in [4.69, 9.17) is 11.6 Å². The van der Waals surface area contributed by atoms with E-state index in [0.29, 0.717) is 5.02 Å². The average molecular weight is 248 g/mol. The number of aliphatic hydroxyl groups is 1. The summed E-state index contributed by atoms with van der Waals surface area (Å²) in [6.45, 7) is 1.99. The Hall–Kier alpha value is -1.38. The monoisotopic (exact) mass is 247 g/mol. The predicted molar refractivity (Wildman–Crippen MR) is 69.1 cm³/mol. The Morgan fingerprint density at radius 1 is 1.00 bits per heavy atom. The zero-order valence-corrected chi connectivity index (χ0v) is 10.3. The Morgan fingerprint density at radius 3 is 2.18 bits per heavy atom. The molecule has 0 radical (unpaired) electrons. The normalized spacial score (nSPS) is 14.3. The van der Waals surface area contributed by atoms with Crippen LogP contribution in [0.1, 0.15) is 30.1 Å². The second-order valence-corrected chi connectivity index (χ2v) is 4.50. The maximum atomic E-state index is 10.3. The van der Waals surface area contributed by atoms with Crippen molar-refractivity contribution in [3.05, 3.63) is 64.9 Å². The first kappa shape index (κ1) is 12.1. The second-order valence-electron chi connectivity index (χ2n) is 4.07. The third kappa shape index (κ3) is 2.84. The molecule has 0 aliphatic carbocycles. The predicted octanol–water partition coefficient (Wildman–Crippen LogP) is 3.57. The van der Waals surface area contributed by atoms with Gasteiger partial charge >= 0.3 is 0 Å². The van der Waals surface area contributed by atoms with Crippen molar-refractivity contribution in [2.75, 3.05) is 0 Å². The van der Waals surface area contributed by atoms with Gasteiger partial charge < -0.3 is 5.11 Å². The summed E-state index contributed by atoms with van der Waals surface area (Å²) in [6.07, 6.45) is 2.94. The van der Waals surface area contributed by atoms with Crippen molar-refractivity contribution in [3.63, 3.8) is 0 Å². The lowest BCUT2D eigenvalue weighted by molar-refractivity contribution is 0.151. The first-order valence-electron chi connectivity index (χ1n) is 5.52. The highest BCUT2D eigenvalue weighted by atomic mass is 35.5. The molecule has 0 aliphatic heterocycles. The van der Waals surface area contributed by atoms with Gasteiger partial charge in [-0.2, -0.15) is 0 Å². The van der Waals surface area contributed by atoms with Crippen molar-refractivity contribution < 1.29 is 5.11 Å². The maximum Gasteiger partial charge on any atom is 0.0855 e. The van der Waals surface area contributed by atoms with Gasteiger partial charge in [0.1, 0.15) is 0 Å². The minimum atomic E-state index is -0.533. The Kier molecular flexibility index (Phi) is 3.77. The van der Waals surface area contributed by atoms with E-state index in [1.807, 2.05) is 31.2 Å². The molecule has 2 nitrogen and oxygen atoms in total. The van der Waals surface area contributed by atoms with E-state index in [9.17, 15) is 5.11 Å². The first-order chi connectivity index (χ1) is 8.18. The van der Waals surface area contributed by atoms with E-state index < -0.39 is 6.10 Å². The van der Waals surface area contributed by atoms with Gasteiger partial charge in [0.25, 0.3) is 0 Å². The molecule has 0 bridgehead atoms. The summed E-state index contributed by atoms with van der Waals surface area (Å²) in [5.74, 6) is 0.0270. The average Bonchev–Trinajstić information content (AvgIpc) is 2.39. The van der Waals surface area contributed by atoms with Crippen LogP contribution in [0.25, 0.3) is 0 Å². The molecule has 88 valence electrons. The van der Waals surface area contributed by atoms with Gasteiger partial charge in [-0.15, -0.1) is 0 Å². The van der Waals surface area contributed by atoms with Gasteiger partial charge in [-0.1, -0.05) is 30.7 Å². The molecule has 0 aliphatic rings. The van der Waals surface area contributed by atoms with E-state index in [0.717, 1.165) is 11.1 Å². The number of nitrogens with zero attached hydrogens (tertiary/aromatic N) is 1. The topological polar surface area (TPSA) is 33.1 Å². The smallest absolute Gasteiger partial charge is 0.0855 e. The molecule has 0 saturated heterocycles. The number of aromatic nitrogens is 1. The molecule has 17 heavy (non-hydrogen) atoms. The van der Waals surface area contributed by atoms with Crippen molar-refractivity contribution in [3.8, 4) is 0 Å². The van der Waals surface area contributed by atoms with Crippen molar-refractivity contribution in [2.24, 2.45) is 0 Å². The third-order valence-corrected chi connectivity index (χ3v) is 3.17. The Morgan fingerprint density at radius 2 is 1.59 bits per heavy atom. The number of rotatable bonds is 3. The lowest BCUT2D eigenvalue weighted by atomic mass is 9.91. The molecule has 1 N–H and O–H groups in total. The fourth-order valence-corrected chi connectivity index (χ4v) is 1.92. The van der Waals surface area contributed by atoms with Crippen LogP contribution in [0, 0.1) is 0 Å². The standard InChI is InChI=1S/C14H14ClNO/c1-10(11-6-8-16-9-7-11)14(17)12-2-4-13(15)5-3-12/h2-10,14,17H,1H3/t10-,14+/m0/s1. The molecule has 0 fully saturated rings. The van der Waals surface area contributed by atoms with Crippen molar-refractivity contribution in [2.45, 2.75) is 18.9 Å².